The highest BCUT2D eigenvalue weighted by molar-refractivity contribution is 5.38. The molecule has 88 valence electrons. The van der Waals surface area contributed by atoms with Crippen molar-refractivity contribution in [2.24, 2.45) is 5.92 Å². The minimum absolute atomic E-state index is 0.579. The van der Waals surface area contributed by atoms with Gasteiger partial charge in [0.25, 0.3) is 0 Å². The van der Waals surface area contributed by atoms with Gasteiger partial charge in [0.15, 0.2) is 0 Å². The second-order valence-electron chi connectivity index (χ2n) is 5.44. The average molecular weight is 217 g/mol. The fourth-order valence-electron chi connectivity index (χ4n) is 2.62. The predicted molar refractivity (Wildman–Crippen MR) is 69.8 cm³/mol. The van der Waals surface area contributed by atoms with Crippen molar-refractivity contribution >= 4 is 0 Å². The standard InChI is InChI=1S/C15H23N/c1-10-5-6-15(16-9-10)14-8-12(3)11(2)7-13(14)4/h7-8,10,15-16H,5-6,9H2,1-4H3. The molecule has 1 heteroatoms. The van der Waals surface area contributed by atoms with Crippen molar-refractivity contribution in [3.63, 3.8) is 0 Å². The Morgan fingerprint density at radius 2 is 1.69 bits per heavy atom. The quantitative estimate of drug-likeness (QED) is 0.757. The third kappa shape index (κ3) is 2.30. The topological polar surface area (TPSA) is 12.0 Å². The van der Waals surface area contributed by atoms with Gasteiger partial charge in [-0.1, -0.05) is 19.1 Å². The third-order valence-electron chi connectivity index (χ3n) is 3.92. The van der Waals surface area contributed by atoms with Gasteiger partial charge in [-0.15, -0.1) is 0 Å². The van der Waals surface area contributed by atoms with E-state index < -0.39 is 0 Å². The van der Waals surface area contributed by atoms with Gasteiger partial charge in [-0.2, -0.15) is 0 Å². The van der Waals surface area contributed by atoms with Crippen LogP contribution in [0.4, 0.5) is 0 Å². The lowest BCUT2D eigenvalue weighted by atomic mass is 9.88. The second-order valence-corrected chi connectivity index (χ2v) is 5.44. The van der Waals surface area contributed by atoms with E-state index >= 15 is 0 Å². The fraction of sp³-hybridized carbons (Fsp3) is 0.600. The summed E-state index contributed by atoms with van der Waals surface area (Å²) in [6, 6.07) is 5.28. The summed E-state index contributed by atoms with van der Waals surface area (Å²) in [6.07, 6.45) is 2.63. The van der Waals surface area contributed by atoms with Crippen LogP contribution in [0.1, 0.15) is 48.1 Å². The maximum atomic E-state index is 3.67. The normalized spacial score (nSPS) is 25.8. The van der Waals surface area contributed by atoms with Crippen LogP contribution in [0, 0.1) is 26.7 Å². The summed E-state index contributed by atoms with van der Waals surface area (Å²) in [6.45, 7) is 10.1. The Bertz CT molecular complexity index is 373. The minimum Gasteiger partial charge on any atom is -0.310 e. The zero-order valence-corrected chi connectivity index (χ0v) is 10.9. The molecule has 1 fully saturated rings. The highest BCUT2D eigenvalue weighted by Gasteiger charge is 2.20. The van der Waals surface area contributed by atoms with Crippen molar-refractivity contribution in [1.29, 1.82) is 0 Å². The van der Waals surface area contributed by atoms with Crippen molar-refractivity contribution in [3.8, 4) is 0 Å². The number of nitrogens with one attached hydrogen (secondary N) is 1. The zero-order chi connectivity index (χ0) is 11.7. The number of benzene rings is 1. The molecule has 1 aromatic carbocycles. The Morgan fingerprint density at radius 3 is 2.31 bits per heavy atom. The monoisotopic (exact) mass is 217 g/mol. The first-order valence-corrected chi connectivity index (χ1v) is 6.39. The minimum atomic E-state index is 0.579. The number of hydrogen-bond acceptors (Lipinski definition) is 1. The van der Waals surface area contributed by atoms with Gasteiger partial charge in [-0.3, -0.25) is 0 Å². The Hall–Kier alpha value is -0.820. The maximum absolute atomic E-state index is 3.67. The van der Waals surface area contributed by atoms with Crippen molar-refractivity contribution in [2.75, 3.05) is 6.54 Å². The lowest BCUT2D eigenvalue weighted by Gasteiger charge is -2.29. The molecule has 2 rings (SSSR count). The summed E-state index contributed by atoms with van der Waals surface area (Å²) in [5.41, 5.74) is 5.77. The first-order chi connectivity index (χ1) is 7.58. The molecule has 1 aromatic rings. The highest BCUT2D eigenvalue weighted by atomic mass is 14.9. The molecule has 0 spiro atoms. The predicted octanol–water partition coefficient (Wildman–Crippen LogP) is 3.67. The molecule has 1 saturated heterocycles. The molecule has 1 nitrogen and oxygen atoms in total. The number of hydrogen-bond donors (Lipinski definition) is 1. The molecule has 0 radical (unpaired) electrons. The number of rotatable bonds is 1. The fourth-order valence-corrected chi connectivity index (χ4v) is 2.62. The van der Waals surface area contributed by atoms with E-state index in [2.05, 4.69) is 45.1 Å². The molecule has 0 aromatic heterocycles. The molecule has 0 amide bonds. The van der Waals surface area contributed by atoms with Crippen molar-refractivity contribution < 1.29 is 0 Å². The molecule has 0 saturated carbocycles. The lowest BCUT2D eigenvalue weighted by Crippen LogP contribution is -2.32. The van der Waals surface area contributed by atoms with Crippen molar-refractivity contribution in [1.82, 2.24) is 5.32 Å². The van der Waals surface area contributed by atoms with E-state index in [0.29, 0.717) is 6.04 Å². The number of aryl methyl sites for hydroxylation is 3. The summed E-state index contributed by atoms with van der Waals surface area (Å²) >= 11 is 0. The summed E-state index contributed by atoms with van der Waals surface area (Å²) in [4.78, 5) is 0. The van der Waals surface area contributed by atoms with E-state index in [4.69, 9.17) is 0 Å². The molecule has 1 heterocycles. The van der Waals surface area contributed by atoms with Gasteiger partial charge in [0, 0.05) is 6.04 Å². The van der Waals surface area contributed by atoms with Gasteiger partial charge >= 0.3 is 0 Å². The molecule has 16 heavy (non-hydrogen) atoms. The van der Waals surface area contributed by atoms with E-state index in [-0.39, 0.29) is 0 Å². The van der Waals surface area contributed by atoms with Crippen LogP contribution in [-0.4, -0.2) is 6.54 Å². The van der Waals surface area contributed by atoms with Gasteiger partial charge < -0.3 is 5.32 Å². The Morgan fingerprint density at radius 1 is 1.00 bits per heavy atom. The second kappa shape index (κ2) is 4.58. The average Bonchev–Trinajstić information content (AvgIpc) is 2.25. The first kappa shape index (κ1) is 11.7. The van der Waals surface area contributed by atoms with Gasteiger partial charge in [0.1, 0.15) is 0 Å². The third-order valence-corrected chi connectivity index (χ3v) is 3.92. The van der Waals surface area contributed by atoms with E-state index in [0.717, 1.165) is 12.5 Å². The maximum Gasteiger partial charge on any atom is 0.0323 e. The van der Waals surface area contributed by atoms with E-state index in [1.807, 2.05) is 0 Å². The summed E-state index contributed by atoms with van der Waals surface area (Å²) in [7, 11) is 0. The molecular weight excluding hydrogens is 194 g/mol. The molecular formula is C15H23N. The molecule has 2 atom stereocenters. The Kier molecular flexibility index (Phi) is 3.34. The van der Waals surface area contributed by atoms with Crippen LogP contribution >= 0.6 is 0 Å². The molecule has 0 aliphatic carbocycles. The molecule has 1 aliphatic heterocycles. The summed E-state index contributed by atoms with van der Waals surface area (Å²) in [5.74, 6) is 0.836. The smallest absolute Gasteiger partial charge is 0.0323 e. The Labute approximate surface area is 99.3 Å². The molecule has 1 N–H and O–H groups in total. The van der Waals surface area contributed by atoms with E-state index in [9.17, 15) is 0 Å². The SMILES string of the molecule is Cc1cc(C)c(C2CCC(C)CN2)cc1C. The van der Waals surface area contributed by atoms with Crippen LogP contribution < -0.4 is 5.32 Å². The molecule has 2 unspecified atom stereocenters. The molecule has 0 bridgehead atoms. The van der Waals surface area contributed by atoms with Crippen LogP contribution in [0.2, 0.25) is 0 Å². The van der Waals surface area contributed by atoms with Crippen LogP contribution in [0.3, 0.4) is 0 Å². The lowest BCUT2D eigenvalue weighted by molar-refractivity contribution is 0.332. The van der Waals surface area contributed by atoms with Gasteiger partial charge in [0.05, 0.1) is 0 Å². The first-order valence-electron chi connectivity index (χ1n) is 6.39. The van der Waals surface area contributed by atoms with Crippen LogP contribution in [0.15, 0.2) is 12.1 Å². The summed E-state index contributed by atoms with van der Waals surface area (Å²) < 4.78 is 0. The van der Waals surface area contributed by atoms with Gasteiger partial charge in [-0.25, -0.2) is 0 Å². The van der Waals surface area contributed by atoms with E-state index in [1.54, 1.807) is 0 Å². The molecule has 1 aliphatic rings. The highest BCUT2D eigenvalue weighted by Crippen LogP contribution is 2.29. The zero-order valence-electron chi connectivity index (χ0n) is 10.9. The van der Waals surface area contributed by atoms with Gasteiger partial charge in [-0.05, 0) is 68.3 Å². The van der Waals surface area contributed by atoms with Crippen LogP contribution in [0.5, 0.6) is 0 Å². The summed E-state index contributed by atoms with van der Waals surface area (Å²) in [5, 5.41) is 3.67. The van der Waals surface area contributed by atoms with Gasteiger partial charge in [0.2, 0.25) is 0 Å². The Balaban J connectivity index is 2.23. The van der Waals surface area contributed by atoms with Crippen molar-refractivity contribution in [2.45, 2.75) is 46.6 Å². The van der Waals surface area contributed by atoms with E-state index in [1.165, 1.54) is 35.1 Å². The van der Waals surface area contributed by atoms with Crippen molar-refractivity contribution in [3.05, 3.63) is 34.4 Å². The van der Waals surface area contributed by atoms with Crippen LogP contribution in [-0.2, 0) is 0 Å². The largest absolute Gasteiger partial charge is 0.310 e. The number of piperidine rings is 1. The van der Waals surface area contributed by atoms with Crippen LogP contribution in [0.25, 0.3) is 0 Å².